The van der Waals surface area contributed by atoms with Crippen LogP contribution in [0.2, 0.25) is 5.02 Å². The summed E-state index contributed by atoms with van der Waals surface area (Å²) in [5.41, 5.74) is 4.79. The highest BCUT2D eigenvalue weighted by molar-refractivity contribution is 6.33. The zero-order valence-electron chi connectivity index (χ0n) is 22.6. The number of nitrogens with zero attached hydrogens (tertiary/aromatic N) is 6. The van der Waals surface area contributed by atoms with Crippen molar-refractivity contribution in [3.8, 4) is 6.07 Å². The van der Waals surface area contributed by atoms with Crippen LogP contribution in [0.25, 0.3) is 0 Å². The second-order valence-corrected chi connectivity index (χ2v) is 9.90. The van der Waals surface area contributed by atoms with Gasteiger partial charge < -0.3 is 10.0 Å². The number of carbonyl (C=O) groups is 2. The molecule has 2 N–H and O–H groups in total. The normalized spacial score (nSPS) is 14.3. The molecule has 2 aromatic rings. The van der Waals surface area contributed by atoms with E-state index in [1.807, 2.05) is 44.2 Å². The fourth-order valence-electron chi connectivity index (χ4n) is 3.71. The van der Waals surface area contributed by atoms with E-state index in [0.29, 0.717) is 12.1 Å². The molecule has 14 heteroatoms. The fraction of sp³-hybridized carbons (Fsp3) is 0.500. The maximum Gasteiger partial charge on any atom is 0.490 e. The molecule has 0 radical (unpaired) electrons. The van der Waals surface area contributed by atoms with Crippen molar-refractivity contribution in [2.24, 2.45) is 5.92 Å². The number of amides is 1. The maximum atomic E-state index is 13.4. The first kappa shape index (κ1) is 32.9. The van der Waals surface area contributed by atoms with E-state index in [2.05, 4.69) is 32.1 Å². The number of nitriles is 1. The summed E-state index contributed by atoms with van der Waals surface area (Å²) in [6, 6.07) is 9.54. The Morgan fingerprint density at radius 1 is 1.18 bits per heavy atom. The number of carboxylic acids is 1. The van der Waals surface area contributed by atoms with Crippen LogP contribution in [0.5, 0.6) is 0 Å². The number of carboxylic acid groups (broad SMARTS) is 1. The Kier molecular flexibility index (Phi) is 12.7. The third-order valence-corrected chi connectivity index (χ3v) is 6.02. The number of benzene rings is 1. The van der Waals surface area contributed by atoms with Crippen LogP contribution in [0.4, 0.5) is 19.0 Å². The van der Waals surface area contributed by atoms with Gasteiger partial charge in [0.05, 0.1) is 6.20 Å². The highest BCUT2D eigenvalue weighted by atomic mass is 35.5. The number of hydrogen-bond donors (Lipinski definition) is 2. The molecule has 218 valence electrons. The summed E-state index contributed by atoms with van der Waals surface area (Å²) in [7, 11) is 0. The largest absolute Gasteiger partial charge is 0.490 e. The summed E-state index contributed by atoms with van der Waals surface area (Å²) in [6.45, 7) is 13.2. The van der Waals surface area contributed by atoms with Crippen LogP contribution >= 0.6 is 11.6 Å². The average Bonchev–Trinajstić information content (AvgIpc) is 2.91. The van der Waals surface area contributed by atoms with Gasteiger partial charge in [0.2, 0.25) is 5.82 Å². The highest BCUT2D eigenvalue weighted by Gasteiger charge is 2.38. The van der Waals surface area contributed by atoms with Gasteiger partial charge in [-0.05, 0) is 36.6 Å². The van der Waals surface area contributed by atoms with Crippen LogP contribution in [-0.4, -0.2) is 82.2 Å². The lowest BCUT2D eigenvalue weighted by Crippen LogP contribution is -2.46. The predicted molar refractivity (Wildman–Crippen MR) is 144 cm³/mol. The molecule has 0 atom stereocenters. The Morgan fingerprint density at radius 3 is 2.25 bits per heavy atom. The van der Waals surface area contributed by atoms with Crippen LogP contribution in [0.1, 0.15) is 48.9 Å². The molecule has 0 saturated carbocycles. The smallest absolute Gasteiger partial charge is 0.475 e. The average molecular weight is 584 g/mol. The number of alkyl halides is 3. The van der Waals surface area contributed by atoms with E-state index in [-0.39, 0.29) is 28.5 Å². The Balaban J connectivity index is 0.000000708. The number of anilines is 1. The van der Waals surface area contributed by atoms with E-state index in [9.17, 15) is 18.0 Å². The molecule has 1 aliphatic heterocycles. The summed E-state index contributed by atoms with van der Waals surface area (Å²) in [5, 5.41) is 17.8. The first-order chi connectivity index (χ1) is 18.8. The maximum absolute atomic E-state index is 13.4. The molecule has 0 spiro atoms. The van der Waals surface area contributed by atoms with Crippen molar-refractivity contribution in [1.29, 1.82) is 5.26 Å². The van der Waals surface area contributed by atoms with E-state index < -0.39 is 12.1 Å². The van der Waals surface area contributed by atoms with Crippen LogP contribution in [-0.2, 0) is 11.3 Å². The number of rotatable bonds is 9. The van der Waals surface area contributed by atoms with Crippen molar-refractivity contribution in [1.82, 2.24) is 25.2 Å². The third kappa shape index (κ3) is 10.3. The summed E-state index contributed by atoms with van der Waals surface area (Å²) in [6.07, 6.45) is -2.56. The minimum atomic E-state index is -5.08. The highest BCUT2D eigenvalue weighted by Crippen LogP contribution is 2.23. The first-order valence-corrected chi connectivity index (χ1v) is 13.1. The number of nitrogens with one attached hydrogen (secondary N) is 1. The molecule has 3 rings (SSSR count). The predicted octanol–water partition coefficient (Wildman–Crippen LogP) is 3.97. The molecule has 1 amide bonds. The van der Waals surface area contributed by atoms with Crippen molar-refractivity contribution < 1.29 is 27.9 Å². The van der Waals surface area contributed by atoms with E-state index >= 15 is 0 Å². The zero-order chi connectivity index (χ0) is 29.9. The Morgan fingerprint density at radius 2 is 1.75 bits per heavy atom. The molecular weight excluding hydrogens is 551 g/mol. The molecule has 1 fully saturated rings. The van der Waals surface area contributed by atoms with Crippen LogP contribution < -0.4 is 10.4 Å². The van der Waals surface area contributed by atoms with Crippen molar-refractivity contribution in [3.05, 3.63) is 52.4 Å². The van der Waals surface area contributed by atoms with Crippen LogP contribution in [0.3, 0.4) is 0 Å². The van der Waals surface area contributed by atoms with Crippen molar-refractivity contribution in [2.75, 3.05) is 44.3 Å². The number of aliphatic carboxylic acids is 1. The number of carbonyl (C=O) groups excluding carboxylic acids is 1. The van der Waals surface area contributed by atoms with E-state index in [1.54, 1.807) is 0 Å². The number of piperazine rings is 1. The lowest BCUT2D eigenvalue weighted by Gasteiger charge is -2.34. The van der Waals surface area contributed by atoms with Crippen molar-refractivity contribution in [2.45, 2.75) is 39.9 Å². The lowest BCUT2D eigenvalue weighted by atomic mass is 10.1. The Bertz CT molecular complexity index is 1170. The number of hydrazine groups is 1. The molecule has 1 saturated heterocycles. The molecule has 1 aromatic heterocycles. The lowest BCUT2D eigenvalue weighted by molar-refractivity contribution is -0.192. The fourth-order valence-corrected chi connectivity index (χ4v) is 3.89. The standard InChI is InChI=1S/C24H32ClN7O.C2HF3O2/c1-4-9-30-10-12-31(13-11-30)17-19-5-7-20(8-6-19)24(33)32(28-15-18(2)3)23-21(25)16-27-22(14-26)29-23;3-2(4,5)1(6)7/h5-8,16,18,28H,4,9-13,15,17H2,1-3H3;(H,6,7). The van der Waals surface area contributed by atoms with Gasteiger partial charge in [0.25, 0.3) is 5.91 Å². The van der Waals surface area contributed by atoms with Crippen molar-refractivity contribution >= 4 is 29.3 Å². The van der Waals surface area contributed by atoms with Crippen LogP contribution in [0, 0.1) is 17.2 Å². The molecule has 2 heterocycles. The van der Waals surface area contributed by atoms with Gasteiger partial charge >= 0.3 is 12.1 Å². The number of halogens is 4. The summed E-state index contributed by atoms with van der Waals surface area (Å²) < 4.78 is 31.7. The monoisotopic (exact) mass is 583 g/mol. The topological polar surface area (TPSA) is 126 Å². The molecular formula is C26H33ClF3N7O3. The second kappa shape index (κ2) is 15.5. The van der Waals surface area contributed by atoms with Crippen LogP contribution in [0.15, 0.2) is 30.5 Å². The third-order valence-electron chi connectivity index (χ3n) is 5.75. The summed E-state index contributed by atoms with van der Waals surface area (Å²) in [4.78, 5) is 35.2. The zero-order valence-corrected chi connectivity index (χ0v) is 23.3. The molecule has 0 aliphatic carbocycles. The van der Waals surface area contributed by atoms with Gasteiger partial charge in [-0.1, -0.05) is 44.5 Å². The molecule has 1 aromatic carbocycles. The van der Waals surface area contributed by atoms with Gasteiger partial charge in [-0.15, -0.1) is 0 Å². The summed E-state index contributed by atoms with van der Waals surface area (Å²) in [5.74, 6) is -2.64. The Labute approximate surface area is 236 Å². The molecule has 1 aliphatic rings. The number of hydrogen-bond acceptors (Lipinski definition) is 8. The van der Waals surface area contributed by atoms with Gasteiger partial charge in [0.1, 0.15) is 11.1 Å². The van der Waals surface area contributed by atoms with Gasteiger partial charge in [0.15, 0.2) is 5.82 Å². The molecule has 40 heavy (non-hydrogen) atoms. The van der Waals surface area contributed by atoms with Gasteiger partial charge in [0, 0.05) is 44.8 Å². The molecule has 10 nitrogen and oxygen atoms in total. The molecule has 0 unspecified atom stereocenters. The van der Waals surface area contributed by atoms with Gasteiger partial charge in [-0.2, -0.15) is 23.4 Å². The van der Waals surface area contributed by atoms with Gasteiger partial charge in [-0.25, -0.2) is 20.2 Å². The van der Waals surface area contributed by atoms with E-state index in [0.717, 1.165) is 39.3 Å². The quantitative estimate of drug-likeness (QED) is 0.422. The summed E-state index contributed by atoms with van der Waals surface area (Å²) >= 11 is 6.28. The first-order valence-electron chi connectivity index (χ1n) is 12.7. The molecule has 0 bridgehead atoms. The SMILES string of the molecule is CCCN1CCN(Cc2ccc(C(=O)N(NCC(C)C)c3nc(C#N)ncc3Cl)cc2)CC1.O=C(O)C(F)(F)F. The van der Waals surface area contributed by atoms with Crippen molar-refractivity contribution in [3.63, 3.8) is 0 Å². The van der Waals surface area contributed by atoms with Gasteiger partial charge in [-0.3, -0.25) is 9.69 Å². The number of aromatic nitrogens is 2. The Hall–Kier alpha value is -3.31. The minimum absolute atomic E-state index is 0.0482. The second-order valence-electron chi connectivity index (χ2n) is 9.49. The minimum Gasteiger partial charge on any atom is -0.475 e. The van der Waals surface area contributed by atoms with E-state index in [4.69, 9.17) is 26.8 Å². The van der Waals surface area contributed by atoms with E-state index in [1.165, 1.54) is 23.2 Å².